The lowest BCUT2D eigenvalue weighted by atomic mass is 9.97. The summed E-state index contributed by atoms with van der Waals surface area (Å²) < 4.78 is 0. The average Bonchev–Trinajstić information content (AvgIpc) is 2.49. The number of hydrogen-bond acceptors (Lipinski definition) is 3. The molecule has 1 heterocycles. The minimum absolute atomic E-state index is 0.120. The van der Waals surface area contributed by atoms with E-state index in [0.717, 1.165) is 19.4 Å². The molecular formula is C18H29N3O. The molecule has 1 aromatic rings. The predicted molar refractivity (Wildman–Crippen MR) is 90.5 cm³/mol. The Balaban J connectivity index is 1.94. The number of amides is 1. The van der Waals surface area contributed by atoms with Crippen LogP contribution in [0.5, 0.6) is 0 Å². The maximum atomic E-state index is 12.5. The molecule has 4 heteroatoms. The largest absolute Gasteiger partial charge is 0.340 e. The molecule has 0 bridgehead atoms. The maximum Gasteiger partial charge on any atom is 0.236 e. The van der Waals surface area contributed by atoms with Crippen LogP contribution in [0.3, 0.4) is 0 Å². The van der Waals surface area contributed by atoms with Crippen LogP contribution in [-0.4, -0.2) is 47.9 Å². The molecule has 0 aromatic heterocycles. The first-order chi connectivity index (χ1) is 10.5. The molecule has 1 saturated heterocycles. The van der Waals surface area contributed by atoms with E-state index in [0.29, 0.717) is 19.1 Å². The molecule has 0 saturated carbocycles. The van der Waals surface area contributed by atoms with E-state index < -0.39 is 0 Å². The van der Waals surface area contributed by atoms with E-state index in [4.69, 9.17) is 5.73 Å². The fourth-order valence-corrected chi connectivity index (χ4v) is 3.23. The molecule has 0 aliphatic carbocycles. The van der Waals surface area contributed by atoms with Crippen molar-refractivity contribution in [3.8, 4) is 0 Å². The predicted octanol–water partition coefficient (Wildman–Crippen LogP) is 2.16. The lowest BCUT2D eigenvalue weighted by Gasteiger charge is -2.38. The van der Waals surface area contributed by atoms with Gasteiger partial charge in [0.1, 0.15) is 0 Å². The van der Waals surface area contributed by atoms with Crippen LogP contribution in [0.4, 0.5) is 0 Å². The normalized spacial score (nSPS) is 20.6. The van der Waals surface area contributed by atoms with Gasteiger partial charge in [0.2, 0.25) is 5.91 Å². The summed E-state index contributed by atoms with van der Waals surface area (Å²) in [4.78, 5) is 16.6. The van der Waals surface area contributed by atoms with Gasteiger partial charge in [-0.15, -0.1) is 0 Å². The second kappa shape index (κ2) is 7.75. The van der Waals surface area contributed by atoms with Gasteiger partial charge in [0, 0.05) is 25.7 Å². The molecule has 1 aliphatic rings. The highest BCUT2D eigenvalue weighted by atomic mass is 16.2. The van der Waals surface area contributed by atoms with Crippen LogP contribution in [0.25, 0.3) is 0 Å². The summed E-state index contributed by atoms with van der Waals surface area (Å²) in [5.74, 6) is 0.177. The van der Waals surface area contributed by atoms with Crippen molar-refractivity contribution in [2.75, 3.05) is 20.1 Å². The SMILES string of the molecule is Cc1ccccc1CN(C)C(=O)CN1CCCCC1C(C)N. The Morgan fingerprint density at radius 3 is 2.82 bits per heavy atom. The standard InChI is InChI=1S/C18H29N3O/c1-14-8-4-5-9-16(14)12-20(3)18(22)13-21-11-7-6-10-17(21)15(2)19/h4-5,8-9,15,17H,6-7,10-13,19H2,1-3H3. The van der Waals surface area contributed by atoms with Gasteiger partial charge < -0.3 is 10.6 Å². The molecule has 22 heavy (non-hydrogen) atoms. The molecule has 0 spiro atoms. The van der Waals surface area contributed by atoms with E-state index >= 15 is 0 Å². The minimum Gasteiger partial charge on any atom is -0.340 e. The monoisotopic (exact) mass is 303 g/mol. The van der Waals surface area contributed by atoms with Crippen molar-refractivity contribution in [2.24, 2.45) is 5.73 Å². The fraction of sp³-hybridized carbons (Fsp3) is 0.611. The van der Waals surface area contributed by atoms with Crippen LogP contribution in [0, 0.1) is 6.92 Å². The second-order valence-corrected chi connectivity index (χ2v) is 6.57. The Hall–Kier alpha value is -1.39. The Morgan fingerprint density at radius 2 is 2.14 bits per heavy atom. The average molecular weight is 303 g/mol. The summed E-state index contributed by atoms with van der Waals surface area (Å²) in [7, 11) is 1.89. The zero-order chi connectivity index (χ0) is 16.1. The van der Waals surface area contributed by atoms with Gasteiger partial charge in [0.05, 0.1) is 6.54 Å². The molecule has 2 unspecified atom stereocenters. The summed E-state index contributed by atoms with van der Waals surface area (Å²) >= 11 is 0. The molecule has 1 fully saturated rings. The number of likely N-dealkylation sites (tertiary alicyclic amines) is 1. The van der Waals surface area contributed by atoms with Gasteiger partial charge in [-0.3, -0.25) is 9.69 Å². The van der Waals surface area contributed by atoms with Gasteiger partial charge in [-0.2, -0.15) is 0 Å². The number of aryl methyl sites for hydroxylation is 1. The van der Waals surface area contributed by atoms with Gasteiger partial charge in [-0.1, -0.05) is 30.7 Å². The second-order valence-electron chi connectivity index (χ2n) is 6.57. The van der Waals surface area contributed by atoms with Crippen LogP contribution in [0.15, 0.2) is 24.3 Å². The van der Waals surface area contributed by atoms with Gasteiger partial charge in [0.15, 0.2) is 0 Å². The number of carbonyl (C=O) groups excluding carboxylic acids is 1. The smallest absolute Gasteiger partial charge is 0.236 e. The number of carbonyl (C=O) groups is 1. The number of nitrogens with two attached hydrogens (primary N) is 1. The third-order valence-corrected chi connectivity index (χ3v) is 4.70. The van der Waals surface area contributed by atoms with Gasteiger partial charge >= 0.3 is 0 Å². The zero-order valence-corrected chi connectivity index (χ0v) is 14.1. The van der Waals surface area contributed by atoms with E-state index in [1.807, 2.05) is 31.0 Å². The van der Waals surface area contributed by atoms with Gasteiger partial charge in [0.25, 0.3) is 0 Å². The van der Waals surface area contributed by atoms with E-state index in [-0.39, 0.29) is 11.9 Å². The molecule has 1 aliphatic heterocycles. The zero-order valence-electron chi connectivity index (χ0n) is 14.1. The van der Waals surface area contributed by atoms with E-state index in [2.05, 4.69) is 24.0 Å². The van der Waals surface area contributed by atoms with Crippen molar-refractivity contribution in [2.45, 2.75) is 51.7 Å². The maximum absolute atomic E-state index is 12.5. The van der Waals surface area contributed by atoms with Crippen molar-refractivity contribution in [1.29, 1.82) is 0 Å². The lowest BCUT2D eigenvalue weighted by molar-refractivity contribution is -0.132. The van der Waals surface area contributed by atoms with Crippen LogP contribution in [-0.2, 0) is 11.3 Å². The molecular weight excluding hydrogens is 274 g/mol. The van der Waals surface area contributed by atoms with Crippen molar-refractivity contribution >= 4 is 5.91 Å². The third kappa shape index (κ3) is 4.31. The Morgan fingerprint density at radius 1 is 1.41 bits per heavy atom. The minimum atomic E-state index is 0.120. The first-order valence-corrected chi connectivity index (χ1v) is 8.27. The summed E-state index contributed by atoms with van der Waals surface area (Å²) in [5.41, 5.74) is 8.53. The number of likely N-dealkylation sites (N-methyl/N-ethyl adjacent to an activating group) is 1. The van der Waals surface area contributed by atoms with Crippen molar-refractivity contribution in [1.82, 2.24) is 9.80 Å². The molecule has 2 rings (SSSR count). The van der Waals surface area contributed by atoms with Crippen LogP contribution in [0.2, 0.25) is 0 Å². The van der Waals surface area contributed by atoms with Crippen molar-refractivity contribution < 1.29 is 4.79 Å². The number of nitrogens with zero attached hydrogens (tertiary/aromatic N) is 2. The van der Waals surface area contributed by atoms with Crippen molar-refractivity contribution in [3.05, 3.63) is 35.4 Å². The fourth-order valence-electron chi connectivity index (χ4n) is 3.23. The molecule has 1 amide bonds. The number of benzene rings is 1. The summed E-state index contributed by atoms with van der Waals surface area (Å²) in [6.07, 6.45) is 3.49. The third-order valence-electron chi connectivity index (χ3n) is 4.70. The molecule has 2 N–H and O–H groups in total. The van der Waals surface area contributed by atoms with E-state index in [9.17, 15) is 4.79 Å². The van der Waals surface area contributed by atoms with Gasteiger partial charge in [-0.25, -0.2) is 0 Å². The van der Waals surface area contributed by atoms with Crippen LogP contribution < -0.4 is 5.73 Å². The molecule has 122 valence electrons. The molecule has 0 radical (unpaired) electrons. The summed E-state index contributed by atoms with van der Waals surface area (Å²) in [6, 6.07) is 8.69. The topological polar surface area (TPSA) is 49.6 Å². The quantitative estimate of drug-likeness (QED) is 0.907. The van der Waals surface area contributed by atoms with Gasteiger partial charge in [-0.05, 0) is 44.4 Å². The lowest BCUT2D eigenvalue weighted by Crippen LogP contribution is -2.52. The number of piperidine rings is 1. The summed E-state index contributed by atoms with van der Waals surface area (Å²) in [5, 5.41) is 0. The van der Waals surface area contributed by atoms with Crippen LogP contribution in [0.1, 0.15) is 37.3 Å². The highest BCUT2D eigenvalue weighted by Crippen LogP contribution is 2.19. The molecule has 1 aromatic carbocycles. The molecule has 4 nitrogen and oxygen atoms in total. The first-order valence-electron chi connectivity index (χ1n) is 8.27. The molecule has 2 atom stereocenters. The first kappa shape index (κ1) is 17.0. The summed E-state index contributed by atoms with van der Waals surface area (Å²) in [6.45, 7) is 6.27. The Kier molecular flexibility index (Phi) is 5.98. The van der Waals surface area contributed by atoms with E-state index in [1.54, 1.807) is 0 Å². The highest BCUT2D eigenvalue weighted by Gasteiger charge is 2.27. The number of rotatable bonds is 5. The van der Waals surface area contributed by atoms with Crippen LogP contribution >= 0.6 is 0 Å². The Bertz CT molecular complexity index is 501. The number of hydrogen-bond donors (Lipinski definition) is 1. The van der Waals surface area contributed by atoms with E-state index in [1.165, 1.54) is 17.5 Å². The van der Waals surface area contributed by atoms with Crippen molar-refractivity contribution in [3.63, 3.8) is 0 Å². The highest BCUT2D eigenvalue weighted by molar-refractivity contribution is 5.78. The Labute approximate surface area is 134 Å².